The fourth-order valence-electron chi connectivity index (χ4n) is 20.4. The Morgan fingerprint density at radius 3 is 0.744 bits per heavy atom. The molecule has 0 unspecified atom stereocenters. The summed E-state index contributed by atoms with van der Waals surface area (Å²) >= 11 is 0. The van der Waals surface area contributed by atoms with Crippen LogP contribution in [0.3, 0.4) is 0 Å². The van der Waals surface area contributed by atoms with Crippen LogP contribution in [-0.4, -0.2) is 0 Å². The minimum absolute atomic E-state index is 0.0396. The van der Waals surface area contributed by atoms with Crippen molar-refractivity contribution in [3.05, 3.63) is 496 Å². The molecule has 0 fully saturated rings. The standard InChI is InChI=1S/2C42H28.C41H30/c1-3-15-29(16-4-1)31-19-7-10-22-35(31)41-36-23-11-13-25-38(36)42(39-26-14-12-24-37(39)41)40-28-27-32(30-17-5-2-6-18-30)33-20-8-9-21-34(33)40;1-2-13-29(14-3-1)35-18-6-7-19-36(35)42-39-22-10-8-20-37(39)41(38-21-9-11-23-40(38)42)32-27-25-31(26-28-32)34-24-12-16-30-15-4-5-17-33(30)34;1-41(2)37-23-13-12-17-30(37)31-25-24-28(26-38(31)41)39-33-19-8-10-21-35(33)40(36-22-11-9-20-34(36)39)32-18-7-6-16-29(32)27-14-4-3-5-15-27/h2*1-28H;3-26H,1-2H3. The monoisotopic (exact) mass is 1590 g/mol. The van der Waals surface area contributed by atoms with Crippen LogP contribution < -0.4 is 0 Å². The van der Waals surface area contributed by atoms with Crippen LogP contribution >= 0.6 is 0 Å². The summed E-state index contributed by atoms with van der Waals surface area (Å²) in [5, 5.41) is 20.4. The summed E-state index contributed by atoms with van der Waals surface area (Å²) in [4.78, 5) is 0. The molecule has 0 saturated carbocycles. The number of hydrogen-bond acceptors (Lipinski definition) is 0. The molecule has 23 aromatic rings. The maximum Gasteiger partial charge on any atom is 0.0159 e. The molecule has 125 heavy (non-hydrogen) atoms. The van der Waals surface area contributed by atoms with Crippen LogP contribution in [0.2, 0.25) is 0 Å². The lowest BCUT2D eigenvalue weighted by molar-refractivity contribution is 0.660. The summed E-state index contributed by atoms with van der Waals surface area (Å²) in [5.41, 5.74) is 33.3. The molecule has 24 rings (SSSR count). The predicted molar refractivity (Wildman–Crippen MR) is 537 cm³/mol. The second-order valence-electron chi connectivity index (χ2n) is 33.4. The van der Waals surface area contributed by atoms with Gasteiger partial charge in [0.05, 0.1) is 0 Å². The van der Waals surface area contributed by atoms with Crippen LogP contribution in [0, 0.1) is 0 Å². The SMILES string of the molecule is CC1(C)c2ccccc2-c2ccc(-c3c4ccccc4c(-c4ccccc4-c4ccccc4)c4ccccc34)cc21.c1ccc(-c2ccccc2-c2c3ccccc3c(-c3ccc(-c4cccc5ccccc45)cc3)c3ccccc23)cc1.c1ccc(-c2ccccc2-c2c3ccccc3c(-c3ccc(-c4ccccc4)c4ccccc34)c3ccccc23)cc1. The normalized spacial score (nSPS) is 12.0. The number of rotatable bonds is 11. The molecule has 0 amide bonds. The van der Waals surface area contributed by atoms with E-state index in [9.17, 15) is 0 Å². The molecule has 0 bridgehead atoms. The van der Waals surface area contributed by atoms with Crippen molar-refractivity contribution >= 4 is 86.2 Å². The molecule has 0 aromatic heterocycles. The molecule has 0 spiro atoms. The van der Waals surface area contributed by atoms with E-state index >= 15 is 0 Å². The van der Waals surface area contributed by atoms with Crippen molar-refractivity contribution in [3.63, 3.8) is 0 Å². The zero-order valence-corrected chi connectivity index (χ0v) is 69.7. The van der Waals surface area contributed by atoms with Crippen molar-refractivity contribution in [2.24, 2.45) is 0 Å². The fraction of sp³-hybridized carbons (Fsp3) is 0.0240. The van der Waals surface area contributed by atoms with Gasteiger partial charge >= 0.3 is 0 Å². The van der Waals surface area contributed by atoms with Gasteiger partial charge in [-0.2, -0.15) is 0 Å². The van der Waals surface area contributed by atoms with Crippen molar-refractivity contribution in [3.8, 4) is 134 Å². The van der Waals surface area contributed by atoms with Gasteiger partial charge in [-0.3, -0.25) is 0 Å². The number of hydrogen-bond donors (Lipinski definition) is 0. The molecule has 23 aromatic carbocycles. The zero-order chi connectivity index (χ0) is 83.3. The Labute approximate surface area is 730 Å². The highest BCUT2D eigenvalue weighted by molar-refractivity contribution is 6.27. The van der Waals surface area contributed by atoms with E-state index in [4.69, 9.17) is 0 Å². The van der Waals surface area contributed by atoms with E-state index in [2.05, 4.69) is 499 Å². The third-order valence-corrected chi connectivity index (χ3v) is 26.1. The van der Waals surface area contributed by atoms with Crippen molar-refractivity contribution < 1.29 is 0 Å². The summed E-state index contributed by atoms with van der Waals surface area (Å²) in [7, 11) is 0. The molecule has 0 radical (unpaired) electrons. The largest absolute Gasteiger partial charge is 0.0622 e. The van der Waals surface area contributed by atoms with Gasteiger partial charge in [0.1, 0.15) is 0 Å². The van der Waals surface area contributed by atoms with Gasteiger partial charge in [0, 0.05) is 5.41 Å². The highest BCUT2D eigenvalue weighted by atomic mass is 14.4. The topological polar surface area (TPSA) is 0 Å². The molecule has 0 heteroatoms. The molecule has 0 heterocycles. The van der Waals surface area contributed by atoms with Gasteiger partial charge in [-0.25, -0.2) is 0 Å². The van der Waals surface area contributed by atoms with E-state index in [1.807, 2.05) is 0 Å². The first-order valence-electron chi connectivity index (χ1n) is 43.5. The highest BCUT2D eigenvalue weighted by Gasteiger charge is 2.36. The van der Waals surface area contributed by atoms with Gasteiger partial charge < -0.3 is 0 Å². The number of fused-ring (bicyclic) bond motifs is 11. The molecular weight excluding hydrogens is 1500 g/mol. The predicted octanol–water partition coefficient (Wildman–Crippen LogP) is 34.9. The first kappa shape index (κ1) is 75.4. The van der Waals surface area contributed by atoms with Crippen LogP contribution in [0.25, 0.3) is 220 Å². The average molecular weight is 1590 g/mol. The lowest BCUT2D eigenvalue weighted by Gasteiger charge is -2.23. The molecule has 0 nitrogen and oxygen atoms in total. The Morgan fingerprint density at radius 2 is 0.344 bits per heavy atom. The molecule has 0 atom stereocenters. The summed E-state index contributed by atoms with van der Waals surface area (Å²) in [6.45, 7) is 4.72. The smallest absolute Gasteiger partial charge is 0.0159 e. The fourth-order valence-corrected chi connectivity index (χ4v) is 20.4. The van der Waals surface area contributed by atoms with Gasteiger partial charge in [0.2, 0.25) is 0 Å². The summed E-state index contributed by atoms with van der Waals surface area (Å²) in [5.74, 6) is 0. The van der Waals surface area contributed by atoms with Crippen LogP contribution in [0.15, 0.2) is 485 Å². The second kappa shape index (κ2) is 32.3. The summed E-state index contributed by atoms with van der Waals surface area (Å²) in [6, 6.07) is 177. The first-order chi connectivity index (χ1) is 61.9. The zero-order valence-electron chi connectivity index (χ0n) is 69.7. The van der Waals surface area contributed by atoms with Crippen LogP contribution in [0.5, 0.6) is 0 Å². The van der Waals surface area contributed by atoms with Gasteiger partial charge in [0.25, 0.3) is 0 Å². The summed E-state index contributed by atoms with van der Waals surface area (Å²) < 4.78 is 0. The van der Waals surface area contributed by atoms with Crippen molar-refractivity contribution in [1.82, 2.24) is 0 Å². The van der Waals surface area contributed by atoms with Crippen molar-refractivity contribution in [2.75, 3.05) is 0 Å². The van der Waals surface area contributed by atoms with E-state index < -0.39 is 0 Å². The lowest BCUT2D eigenvalue weighted by atomic mass is 9.80. The Kier molecular flexibility index (Phi) is 19.5. The third kappa shape index (κ3) is 13.3. The Bertz CT molecular complexity index is 7900. The molecule has 0 N–H and O–H groups in total. The van der Waals surface area contributed by atoms with Crippen LogP contribution in [-0.2, 0) is 5.41 Å². The molecule has 0 aliphatic heterocycles. The Balaban J connectivity index is 0.000000111. The van der Waals surface area contributed by atoms with Gasteiger partial charge in [0.15, 0.2) is 0 Å². The first-order valence-corrected chi connectivity index (χ1v) is 43.5. The molecular formula is C125H86. The van der Waals surface area contributed by atoms with E-state index in [0.717, 1.165) is 0 Å². The van der Waals surface area contributed by atoms with E-state index in [-0.39, 0.29) is 5.41 Å². The van der Waals surface area contributed by atoms with E-state index in [0.29, 0.717) is 0 Å². The van der Waals surface area contributed by atoms with Crippen molar-refractivity contribution in [1.29, 1.82) is 0 Å². The van der Waals surface area contributed by atoms with Crippen LogP contribution in [0.1, 0.15) is 25.0 Å². The number of benzene rings is 23. The van der Waals surface area contributed by atoms with Gasteiger partial charge in [-0.05, 0) is 237 Å². The lowest BCUT2D eigenvalue weighted by Crippen LogP contribution is -2.14. The minimum Gasteiger partial charge on any atom is -0.0622 e. The maximum absolute atomic E-state index is 2.46. The molecule has 0 saturated heterocycles. The van der Waals surface area contributed by atoms with Crippen LogP contribution in [0.4, 0.5) is 0 Å². The highest BCUT2D eigenvalue weighted by Crippen LogP contribution is 2.55. The third-order valence-electron chi connectivity index (χ3n) is 26.1. The van der Waals surface area contributed by atoms with Gasteiger partial charge in [-0.1, -0.05) is 493 Å². The molecule has 1 aliphatic rings. The van der Waals surface area contributed by atoms with E-state index in [1.165, 1.54) is 231 Å². The quantitative estimate of drug-likeness (QED) is 0.113. The minimum atomic E-state index is -0.0396. The Morgan fingerprint density at radius 1 is 0.120 bits per heavy atom. The average Bonchev–Trinajstić information content (AvgIpc) is 1.71. The second-order valence-corrected chi connectivity index (χ2v) is 33.4. The maximum atomic E-state index is 2.46. The van der Waals surface area contributed by atoms with E-state index in [1.54, 1.807) is 0 Å². The molecule has 586 valence electrons. The summed E-state index contributed by atoms with van der Waals surface area (Å²) in [6.07, 6.45) is 0. The van der Waals surface area contributed by atoms with Crippen molar-refractivity contribution in [2.45, 2.75) is 19.3 Å². The van der Waals surface area contributed by atoms with Gasteiger partial charge in [-0.15, -0.1) is 0 Å². The molecule has 1 aliphatic carbocycles. The Hall–Kier alpha value is -15.9.